The number of hydrogen-bond donors (Lipinski definition) is 1. The summed E-state index contributed by atoms with van der Waals surface area (Å²) in [5.74, 6) is -0.907. The van der Waals surface area contributed by atoms with E-state index in [0.29, 0.717) is 17.3 Å². The number of amides is 1. The molecule has 1 aliphatic rings. The highest BCUT2D eigenvalue weighted by atomic mass is 35.5. The first-order valence-electron chi connectivity index (χ1n) is 16.4. The lowest BCUT2D eigenvalue weighted by molar-refractivity contribution is -0.117. The molecular formula is C36H41Cl4N5O3. The third kappa shape index (κ3) is 10.4. The van der Waals surface area contributed by atoms with Crippen LogP contribution in [0.2, 0.25) is 20.1 Å². The zero-order valence-corrected chi connectivity index (χ0v) is 30.5. The van der Waals surface area contributed by atoms with E-state index in [0.717, 1.165) is 35.4 Å². The average molecular weight is 734 g/mol. The molecule has 1 N–H and O–H groups in total. The van der Waals surface area contributed by atoms with Crippen LogP contribution in [-0.2, 0) is 9.53 Å². The number of hydrogen-bond acceptors (Lipinski definition) is 6. The third-order valence-electron chi connectivity index (χ3n) is 8.08. The molecule has 0 saturated carbocycles. The largest absolute Gasteiger partial charge is 0.462 e. The summed E-state index contributed by atoms with van der Waals surface area (Å²) in [4.78, 5) is 31.3. The van der Waals surface area contributed by atoms with Gasteiger partial charge in [-0.25, -0.2) is 14.8 Å². The van der Waals surface area contributed by atoms with Gasteiger partial charge in [0.25, 0.3) is 5.91 Å². The third-order valence-corrected chi connectivity index (χ3v) is 9.19. The van der Waals surface area contributed by atoms with Crippen molar-refractivity contribution in [2.75, 3.05) is 11.6 Å². The highest BCUT2D eigenvalue weighted by Gasteiger charge is 2.41. The Hall–Kier alpha value is -3.17. The Morgan fingerprint density at radius 1 is 0.812 bits per heavy atom. The van der Waals surface area contributed by atoms with Crippen molar-refractivity contribution < 1.29 is 14.3 Å². The maximum atomic E-state index is 13.8. The van der Waals surface area contributed by atoms with Gasteiger partial charge in [0.2, 0.25) is 6.04 Å². The van der Waals surface area contributed by atoms with Crippen molar-refractivity contribution in [3.63, 3.8) is 0 Å². The average Bonchev–Trinajstić information content (AvgIpc) is 3.34. The van der Waals surface area contributed by atoms with Gasteiger partial charge in [0, 0.05) is 5.02 Å². The highest BCUT2D eigenvalue weighted by molar-refractivity contribution is 6.43. The molecule has 1 heterocycles. The minimum Gasteiger partial charge on any atom is -0.462 e. The monoisotopic (exact) mass is 731 g/mol. The summed E-state index contributed by atoms with van der Waals surface area (Å²) in [7, 11) is 0. The van der Waals surface area contributed by atoms with Crippen LogP contribution in [0, 0.1) is 13.8 Å². The van der Waals surface area contributed by atoms with E-state index in [1.165, 1.54) is 63.1 Å². The second-order valence-electron chi connectivity index (χ2n) is 11.9. The van der Waals surface area contributed by atoms with Crippen molar-refractivity contribution in [1.29, 1.82) is 0 Å². The molecule has 8 nitrogen and oxygen atoms in total. The smallest absolute Gasteiger partial charge is 0.338 e. The number of carbonyl (C=O) groups excluding carboxylic acids is 2. The van der Waals surface area contributed by atoms with E-state index in [4.69, 9.17) is 51.1 Å². The second-order valence-corrected chi connectivity index (χ2v) is 13.5. The molecule has 3 aromatic carbocycles. The number of unbranched alkanes of at least 4 members (excludes halogenated alkanes) is 9. The number of esters is 1. The van der Waals surface area contributed by atoms with E-state index in [-0.39, 0.29) is 37.8 Å². The zero-order chi connectivity index (χ0) is 34.6. The first kappa shape index (κ1) is 37.6. The van der Waals surface area contributed by atoms with Crippen LogP contribution in [0.25, 0.3) is 0 Å². The molecule has 1 unspecified atom stereocenters. The Bertz CT molecular complexity index is 1640. The van der Waals surface area contributed by atoms with Crippen molar-refractivity contribution in [2.24, 2.45) is 15.2 Å². The fraction of sp³-hybridized carbons (Fsp3) is 0.417. The molecule has 256 valence electrons. The summed E-state index contributed by atoms with van der Waals surface area (Å²) < 4.78 is 5.54. The summed E-state index contributed by atoms with van der Waals surface area (Å²) in [6.07, 6.45) is 11.9. The fourth-order valence-corrected chi connectivity index (χ4v) is 6.33. The number of nitrogens with zero attached hydrogens (tertiary/aromatic N) is 4. The van der Waals surface area contributed by atoms with E-state index >= 15 is 0 Å². The predicted octanol–water partition coefficient (Wildman–Crippen LogP) is 11.7. The quantitative estimate of drug-likeness (QED) is 0.0900. The number of nitrogens with one attached hydrogen (secondary N) is 1. The van der Waals surface area contributed by atoms with Crippen LogP contribution in [0.5, 0.6) is 0 Å². The topological polar surface area (TPSA) is 95.7 Å². The van der Waals surface area contributed by atoms with Crippen LogP contribution in [0.3, 0.4) is 0 Å². The van der Waals surface area contributed by atoms with Crippen molar-refractivity contribution in [1.82, 2.24) is 5.43 Å². The minimum atomic E-state index is -1.20. The Balaban J connectivity index is 1.48. The number of carbonyl (C=O) groups is 2. The number of aryl methyl sites for hydroxylation is 2. The van der Waals surface area contributed by atoms with Gasteiger partial charge in [0.1, 0.15) is 5.69 Å². The minimum absolute atomic E-state index is 0.104. The Morgan fingerprint density at radius 2 is 1.46 bits per heavy atom. The van der Waals surface area contributed by atoms with E-state index in [2.05, 4.69) is 27.6 Å². The first-order chi connectivity index (χ1) is 23.1. The molecule has 4 rings (SSSR count). The molecule has 1 atom stereocenters. The predicted molar refractivity (Wildman–Crippen MR) is 197 cm³/mol. The van der Waals surface area contributed by atoms with Gasteiger partial charge in [0.15, 0.2) is 5.84 Å². The molecule has 48 heavy (non-hydrogen) atoms. The Kier molecular flexibility index (Phi) is 14.6. The molecule has 12 heteroatoms. The van der Waals surface area contributed by atoms with Gasteiger partial charge in [0.05, 0.1) is 38.6 Å². The number of halogens is 4. The number of benzene rings is 3. The van der Waals surface area contributed by atoms with Gasteiger partial charge >= 0.3 is 5.97 Å². The van der Waals surface area contributed by atoms with Crippen LogP contribution < -0.4 is 10.4 Å². The van der Waals surface area contributed by atoms with E-state index in [1.807, 2.05) is 32.0 Å². The summed E-state index contributed by atoms with van der Waals surface area (Å²) in [6.45, 7) is 6.52. The highest BCUT2D eigenvalue weighted by Crippen LogP contribution is 2.38. The molecule has 0 aliphatic carbocycles. The number of rotatable bonds is 16. The van der Waals surface area contributed by atoms with Gasteiger partial charge in [-0.05, 0) is 73.9 Å². The van der Waals surface area contributed by atoms with Crippen LogP contribution in [0.4, 0.5) is 17.1 Å². The molecule has 0 bridgehead atoms. The molecule has 0 radical (unpaired) electrons. The molecule has 1 amide bonds. The normalized spacial score (nSPS) is 15.5. The molecule has 0 spiro atoms. The Morgan fingerprint density at radius 3 is 2.10 bits per heavy atom. The standard InChI is InChI=1S/C36H41Cl4N5O3/c1-4-5-6-7-8-9-10-11-12-13-18-48-36(47)25-15-17-28(38)31(20-25)41-34-32(43-42-27-16-14-23(2)24(3)19-27)35(46)45(44-34)33-29(39)21-26(37)22-30(33)40/h14-17,19-22,32H,4-13,18H2,1-3H3,(H,41,44). The maximum absolute atomic E-state index is 13.8. The lowest BCUT2D eigenvalue weighted by Gasteiger charge is -2.19. The summed E-state index contributed by atoms with van der Waals surface area (Å²) in [5, 5.41) is 10.7. The summed E-state index contributed by atoms with van der Waals surface area (Å²) in [6, 6.07) is 12.0. The molecule has 0 aromatic heterocycles. The fourth-order valence-electron chi connectivity index (χ4n) is 5.18. The van der Waals surface area contributed by atoms with Gasteiger partial charge in [-0.1, -0.05) is 117 Å². The molecule has 1 fully saturated rings. The lowest BCUT2D eigenvalue weighted by Crippen LogP contribution is -2.36. The molecular weight excluding hydrogens is 692 g/mol. The van der Waals surface area contributed by atoms with Gasteiger partial charge in [-0.3, -0.25) is 10.2 Å². The van der Waals surface area contributed by atoms with Crippen LogP contribution in [0.15, 0.2) is 63.8 Å². The number of hydrazine groups is 1. The van der Waals surface area contributed by atoms with Gasteiger partial charge in [-0.15, -0.1) is 0 Å². The van der Waals surface area contributed by atoms with Gasteiger partial charge < -0.3 is 4.74 Å². The van der Waals surface area contributed by atoms with Crippen molar-refractivity contribution in [2.45, 2.75) is 91.0 Å². The van der Waals surface area contributed by atoms with E-state index in [9.17, 15) is 9.59 Å². The van der Waals surface area contributed by atoms with Crippen LogP contribution >= 0.6 is 46.4 Å². The second kappa shape index (κ2) is 18.6. The van der Waals surface area contributed by atoms with E-state index in [1.54, 1.807) is 12.1 Å². The van der Waals surface area contributed by atoms with Crippen LogP contribution in [-0.4, -0.2) is 30.4 Å². The first-order valence-corrected chi connectivity index (χ1v) is 17.9. The maximum Gasteiger partial charge on any atom is 0.338 e. The lowest BCUT2D eigenvalue weighted by atomic mass is 10.1. The summed E-state index contributed by atoms with van der Waals surface area (Å²) >= 11 is 25.5. The number of azo groups is 1. The zero-order valence-electron chi connectivity index (χ0n) is 27.5. The van der Waals surface area contributed by atoms with Crippen LogP contribution in [0.1, 0.15) is 92.6 Å². The van der Waals surface area contributed by atoms with Gasteiger partial charge in [-0.2, -0.15) is 10.2 Å². The van der Waals surface area contributed by atoms with Crippen molar-refractivity contribution >= 4 is 81.2 Å². The number of amidine groups is 1. The number of ether oxygens (including phenoxy) is 1. The SMILES string of the molecule is CCCCCCCCCCCCOC(=O)c1ccc(Cl)c(N=C2NN(c3c(Cl)cc(Cl)cc3Cl)C(=O)C2N=Nc2ccc(C)c(C)c2)c1. The summed E-state index contributed by atoms with van der Waals surface area (Å²) in [5.41, 5.74) is 6.35. The number of anilines is 1. The molecule has 1 aliphatic heterocycles. The van der Waals surface area contributed by atoms with Crippen molar-refractivity contribution in [3.8, 4) is 0 Å². The number of aliphatic imine (C=N–C) groups is 1. The molecule has 1 saturated heterocycles. The van der Waals surface area contributed by atoms with E-state index < -0.39 is 17.9 Å². The Labute approximate surface area is 302 Å². The molecule has 3 aromatic rings. The van der Waals surface area contributed by atoms with Crippen molar-refractivity contribution in [3.05, 3.63) is 85.3 Å².